The number of hydrogen-bond donors (Lipinski definition) is 2. The van der Waals surface area contributed by atoms with Crippen LogP contribution in [0.1, 0.15) is 5.69 Å². The van der Waals surface area contributed by atoms with Crippen LogP contribution in [0, 0.1) is 12.7 Å². The van der Waals surface area contributed by atoms with Gasteiger partial charge in [-0.05, 0) is 25.1 Å². The molecule has 2 rings (SSSR count). The Hall–Kier alpha value is -1.68. The van der Waals surface area contributed by atoms with Gasteiger partial charge in [-0.2, -0.15) is 0 Å². The van der Waals surface area contributed by atoms with Gasteiger partial charge in [-0.15, -0.1) is 0 Å². The minimum atomic E-state index is -0.293. The number of anilines is 1. The van der Waals surface area contributed by atoms with Gasteiger partial charge in [-0.3, -0.25) is 10.8 Å². The van der Waals surface area contributed by atoms with Crippen molar-refractivity contribution in [3.63, 3.8) is 0 Å². The third kappa shape index (κ3) is 1.40. The van der Waals surface area contributed by atoms with Crippen LogP contribution in [0.15, 0.2) is 24.3 Å². The summed E-state index contributed by atoms with van der Waals surface area (Å²) in [4.78, 5) is 4.21. The van der Waals surface area contributed by atoms with Gasteiger partial charge in [0.2, 0.25) is 0 Å². The zero-order valence-electron chi connectivity index (χ0n) is 7.71. The largest absolute Gasteiger partial charge is 0.323 e. The third-order valence-corrected chi connectivity index (χ3v) is 2.06. The molecule has 72 valence electrons. The summed E-state index contributed by atoms with van der Waals surface area (Å²) in [7, 11) is 0. The lowest BCUT2D eigenvalue weighted by Gasteiger charge is -2.06. The van der Waals surface area contributed by atoms with Crippen LogP contribution < -0.4 is 11.3 Å². The van der Waals surface area contributed by atoms with Crippen LogP contribution in [0.5, 0.6) is 0 Å². The van der Waals surface area contributed by atoms with E-state index in [9.17, 15) is 4.39 Å². The number of rotatable bonds is 1. The summed E-state index contributed by atoms with van der Waals surface area (Å²) >= 11 is 0. The first kappa shape index (κ1) is 8.90. The van der Waals surface area contributed by atoms with E-state index in [1.54, 1.807) is 6.07 Å². The van der Waals surface area contributed by atoms with E-state index in [0.717, 1.165) is 16.8 Å². The van der Waals surface area contributed by atoms with E-state index in [1.807, 2.05) is 13.0 Å². The zero-order chi connectivity index (χ0) is 10.1. The van der Waals surface area contributed by atoms with E-state index in [-0.39, 0.29) is 5.82 Å². The first-order valence-electron chi connectivity index (χ1n) is 4.24. The van der Waals surface area contributed by atoms with E-state index in [1.165, 1.54) is 12.1 Å². The summed E-state index contributed by atoms with van der Waals surface area (Å²) in [6, 6.07) is 6.26. The van der Waals surface area contributed by atoms with Gasteiger partial charge in [-0.25, -0.2) is 4.39 Å². The number of pyridine rings is 1. The fourth-order valence-corrected chi connectivity index (χ4v) is 1.45. The molecular weight excluding hydrogens is 181 g/mol. The first-order valence-corrected chi connectivity index (χ1v) is 4.24. The molecule has 0 saturated carbocycles. The predicted molar refractivity (Wildman–Crippen MR) is 54.2 cm³/mol. The van der Waals surface area contributed by atoms with Crippen LogP contribution >= 0.6 is 0 Å². The normalized spacial score (nSPS) is 10.5. The summed E-state index contributed by atoms with van der Waals surface area (Å²) < 4.78 is 12.9. The summed E-state index contributed by atoms with van der Waals surface area (Å²) in [5.74, 6) is 5.06. The SMILES string of the molecule is Cc1cc(NN)c2ccc(F)cc2n1. The zero-order valence-corrected chi connectivity index (χ0v) is 7.71. The smallest absolute Gasteiger partial charge is 0.125 e. The Balaban J connectivity index is 2.81. The van der Waals surface area contributed by atoms with Gasteiger partial charge in [0.25, 0.3) is 0 Å². The van der Waals surface area contributed by atoms with Crippen LogP contribution in [-0.2, 0) is 0 Å². The van der Waals surface area contributed by atoms with Crippen molar-refractivity contribution in [2.24, 2.45) is 5.84 Å². The number of benzene rings is 1. The second kappa shape index (κ2) is 3.23. The fourth-order valence-electron chi connectivity index (χ4n) is 1.45. The van der Waals surface area contributed by atoms with Gasteiger partial charge in [0.1, 0.15) is 5.82 Å². The molecule has 0 fully saturated rings. The minimum absolute atomic E-state index is 0.293. The molecule has 0 amide bonds. The van der Waals surface area contributed by atoms with Gasteiger partial charge in [-0.1, -0.05) is 0 Å². The van der Waals surface area contributed by atoms with Crippen molar-refractivity contribution in [3.8, 4) is 0 Å². The molecule has 2 aromatic rings. The molecule has 0 aliphatic carbocycles. The quantitative estimate of drug-likeness (QED) is 0.535. The maximum atomic E-state index is 12.9. The molecule has 0 aliphatic rings. The Morgan fingerprint density at radius 3 is 2.86 bits per heavy atom. The number of hydrazine groups is 1. The molecular formula is C10H10FN3. The van der Waals surface area contributed by atoms with E-state index < -0.39 is 0 Å². The number of aryl methyl sites for hydroxylation is 1. The number of nitrogens with one attached hydrogen (secondary N) is 1. The average molecular weight is 191 g/mol. The van der Waals surface area contributed by atoms with Crippen molar-refractivity contribution in [3.05, 3.63) is 35.8 Å². The van der Waals surface area contributed by atoms with Crippen LogP contribution in [0.3, 0.4) is 0 Å². The third-order valence-electron chi connectivity index (χ3n) is 2.06. The summed E-state index contributed by atoms with van der Waals surface area (Å²) in [5, 5.41) is 0.819. The number of nitrogen functional groups attached to an aromatic ring is 1. The Bertz CT molecular complexity index is 477. The molecule has 0 aliphatic heterocycles. The molecule has 0 spiro atoms. The highest BCUT2D eigenvalue weighted by Crippen LogP contribution is 2.22. The summed E-state index contributed by atoms with van der Waals surface area (Å²) in [6.07, 6.45) is 0. The Labute approximate surface area is 80.7 Å². The molecule has 0 unspecified atom stereocenters. The number of aromatic nitrogens is 1. The van der Waals surface area contributed by atoms with Crippen molar-refractivity contribution in [2.75, 3.05) is 5.43 Å². The van der Waals surface area contributed by atoms with E-state index >= 15 is 0 Å². The van der Waals surface area contributed by atoms with Gasteiger partial charge < -0.3 is 5.43 Å². The molecule has 0 radical (unpaired) electrons. The lowest BCUT2D eigenvalue weighted by molar-refractivity contribution is 0.629. The second-order valence-corrected chi connectivity index (χ2v) is 3.12. The molecule has 0 saturated heterocycles. The monoisotopic (exact) mass is 191 g/mol. The molecule has 3 N–H and O–H groups in total. The lowest BCUT2D eigenvalue weighted by atomic mass is 10.1. The average Bonchev–Trinajstić information content (AvgIpc) is 2.15. The molecule has 1 heterocycles. The molecule has 3 nitrogen and oxygen atoms in total. The Morgan fingerprint density at radius 2 is 2.14 bits per heavy atom. The van der Waals surface area contributed by atoms with E-state index in [0.29, 0.717) is 5.52 Å². The number of hydrogen-bond acceptors (Lipinski definition) is 3. The number of fused-ring (bicyclic) bond motifs is 1. The van der Waals surface area contributed by atoms with Crippen LogP contribution in [0.25, 0.3) is 10.9 Å². The topological polar surface area (TPSA) is 50.9 Å². The molecule has 1 aromatic carbocycles. The molecule has 0 bridgehead atoms. The molecule has 4 heteroatoms. The first-order chi connectivity index (χ1) is 6.70. The van der Waals surface area contributed by atoms with Crippen LogP contribution in [0.2, 0.25) is 0 Å². The lowest BCUT2D eigenvalue weighted by Crippen LogP contribution is -2.07. The number of halogens is 1. The van der Waals surface area contributed by atoms with Gasteiger partial charge in [0.05, 0.1) is 11.2 Å². The van der Waals surface area contributed by atoms with Gasteiger partial charge in [0.15, 0.2) is 0 Å². The fraction of sp³-hybridized carbons (Fsp3) is 0.100. The second-order valence-electron chi connectivity index (χ2n) is 3.12. The number of nitrogens with zero attached hydrogens (tertiary/aromatic N) is 1. The van der Waals surface area contributed by atoms with Crippen molar-refractivity contribution < 1.29 is 4.39 Å². The van der Waals surface area contributed by atoms with Crippen molar-refractivity contribution >= 4 is 16.6 Å². The summed E-state index contributed by atoms with van der Waals surface area (Å²) in [6.45, 7) is 1.84. The van der Waals surface area contributed by atoms with Crippen LogP contribution in [-0.4, -0.2) is 4.98 Å². The Morgan fingerprint density at radius 1 is 1.36 bits per heavy atom. The van der Waals surface area contributed by atoms with Crippen molar-refractivity contribution in [1.29, 1.82) is 0 Å². The van der Waals surface area contributed by atoms with E-state index in [4.69, 9.17) is 5.84 Å². The van der Waals surface area contributed by atoms with Crippen molar-refractivity contribution in [1.82, 2.24) is 4.98 Å². The number of nitrogens with two attached hydrogens (primary N) is 1. The minimum Gasteiger partial charge on any atom is -0.323 e. The maximum absolute atomic E-state index is 12.9. The van der Waals surface area contributed by atoms with Crippen LogP contribution in [0.4, 0.5) is 10.1 Å². The van der Waals surface area contributed by atoms with Gasteiger partial charge >= 0.3 is 0 Å². The highest BCUT2D eigenvalue weighted by Gasteiger charge is 2.03. The Kier molecular flexibility index (Phi) is 2.05. The molecule has 0 atom stereocenters. The van der Waals surface area contributed by atoms with Gasteiger partial charge in [0, 0.05) is 17.1 Å². The highest BCUT2D eigenvalue weighted by atomic mass is 19.1. The van der Waals surface area contributed by atoms with Crippen molar-refractivity contribution in [2.45, 2.75) is 6.92 Å². The molecule has 1 aromatic heterocycles. The standard InChI is InChI=1S/C10H10FN3/c1-6-4-10(14-12)8-3-2-7(11)5-9(8)13-6/h2-5H,12H2,1H3,(H,13,14). The summed E-state index contributed by atoms with van der Waals surface area (Å²) in [5.41, 5.74) is 4.74. The molecule has 14 heavy (non-hydrogen) atoms. The highest BCUT2D eigenvalue weighted by molar-refractivity contribution is 5.91. The van der Waals surface area contributed by atoms with E-state index in [2.05, 4.69) is 10.4 Å². The maximum Gasteiger partial charge on any atom is 0.125 e. The predicted octanol–water partition coefficient (Wildman–Crippen LogP) is 1.97.